The number of aromatic nitrogens is 2. The molecule has 1 aliphatic heterocycles. The Morgan fingerprint density at radius 3 is 2.61 bits per heavy atom. The number of nitrogens with two attached hydrogens (primary N) is 1. The van der Waals surface area contributed by atoms with Crippen molar-refractivity contribution in [2.24, 2.45) is 0 Å². The van der Waals surface area contributed by atoms with E-state index in [-0.39, 0.29) is 12.5 Å². The van der Waals surface area contributed by atoms with Gasteiger partial charge in [0.15, 0.2) is 6.61 Å². The summed E-state index contributed by atoms with van der Waals surface area (Å²) in [6, 6.07) is 17.7. The second-order valence-corrected chi connectivity index (χ2v) is 8.58. The summed E-state index contributed by atoms with van der Waals surface area (Å²) in [4.78, 5) is 23.1. The minimum atomic E-state index is 0.0461. The molecule has 1 fully saturated rings. The Morgan fingerprint density at radius 2 is 1.84 bits per heavy atom. The topological polar surface area (TPSA) is 81.3 Å². The fourth-order valence-electron chi connectivity index (χ4n) is 3.74. The number of carbonyl (C=O) groups excluding carboxylic acids is 1. The molecular formula is C24H22N4O2S. The Morgan fingerprint density at radius 1 is 1.06 bits per heavy atom. The first-order valence-corrected chi connectivity index (χ1v) is 11.1. The van der Waals surface area contributed by atoms with Gasteiger partial charge in [0.05, 0.1) is 15.8 Å². The molecule has 1 saturated heterocycles. The predicted molar refractivity (Wildman–Crippen MR) is 124 cm³/mol. The van der Waals surface area contributed by atoms with E-state index in [1.165, 1.54) is 0 Å². The van der Waals surface area contributed by atoms with Gasteiger partial charge in [0.2, 0.25) is 0 Å². The summed E-state index contributed by atoms with van der Waals surface area (Å²) >= 11 is 1.60. The lowest BCUT2D eigenvalue weighted by atomic mass is 10.1. The number of likely N-dealkylation sites (tertiary alicyclic amines) is 1. The summed E-state index contributed by atoms with van der Waals surface area (Å²) in [6.07, 6.45) is 3.92. The van der Waals surface area contributed by atoms with E-state index < -0.39 is 0 Å². The average Bonchev–Trinajstić information content (AvgIpc) is 3.48. The van der Waals surface area contributed by atoms with Crippen LogP contribution in [0.5, 0.6) is 5.75 Å². The fraction of sp³-hybridized carbons (Fsp3) is 0.208. The monoisotopic (exact) mass is 430 g/mol. The van der Waals surface area contributed by atoms with Crippen molar-refractivity contribution in [3.05, 3.63) is 60.8 Å². The Labute approximate surface area is 184 Å². The van der Waals surface area contributed by atoms with E-state index in [0.29, 0.717) is 11.6 Å². The molecule has 2 aromatic heterocycles. The number of nitrogen functional groups attached to an aromatic ring is 1. The highest BCUT2D eigenvalue weighted by Crippen LogP contribution is 2.35. The lowest BCUT2D eigenvalue weighted by Gasteiger charge is -2.15. The normalized spacial score (nSPS) is 13.6. The molecule has 3 heterocycles. The highest BCUT2D eigenvalue weighted by atomic mass is 32.1. The third kappa shape index (κ3) is 4.09. The summed E-state index contributed by atoms with van der Waals surface area (Å²) in [5, 5.41) is 0.855. The molecule has 0 spiro atoms. The number of hydrogen-bond donors (Lipinski definition) is 1. The first-order valence-electron chi connectivity index (χ1n) is 10.3. The minimum absolute atomic E-state index is 0.0461. The number of carbonyl (C=O) groups is 1. The lowest BCUT2D eigenvalue weighted by molar-refractivity contribution is -0.132. The number of nitrogens with zero attached hydrogens (tertiary/aromatic N) is 3. The predicted octanol–water partition coefficient (Wildman–Crippen LogP) is 4.61. The molecule has 4 aromatic rings. The van der Waals surface area contributed by atoms with Crippen LogP contribution in [0.4, 0.5) is 5.82 Å². The molecular weight excluding hydrogens is 408 g/mol. The van der Waals surface area contributed by atoms with E-state index >= 15 is 0 Å². The maximum absolute atomic E-state index is 12.2. The molecule has 31 heavy (non-hydrogen) atoms. The van der Waals surface area contributed by atoms with Crippen LogP contribution in [0.25, 0.3) is 31.9 Å². The van der Waals surface area contributed by atoms with Crippen molar-refractivity contribution in [2.75, 3.05) is 25.4 Å². The van der Waals surface area contributed by atoms with E-state index in [2.05, 4.69) is 11.1 Å². The van der Waals surface area contributed by atoms with Gasteiger partial charge in [-0.25, -0.2) is 9.97 Å². The van der Waals surface area contributed by atoms with Gasteiger partial charge < -0.3 is 15.4 Å². The second kappa shape index (κ2) is 8.35. The summed E-state index contributed by atoms with van der Waals surface area (Å²) in [6.45, 7) is 1.75. The first-order chi connectivity index (χ1) is 15.2. The van der Waals surface area contributed by atoms with Crippen LogP contribution < -0.4 is 10.5 Å². The van der Waals surface area contributed by atoms with Crippen molar-refractivity contribution in [2.45, 2.75) is 12.8 Å². The molecule has 1 amide bonds. The van der Waals surface area contributed by atoms with Gasteiger partial charge in [0.25, 0.3) is 5.91 Å². The van der Waals surface area contributed by atoms with E-state index in [0.717, 1.165) is 57.8 Å². The molecule has 5 rings (SSSR count). The Balaban J connectivity index is 1.34. The number of ether oxygens (including phenoxy) is 1. The maximum atomic E-state index is 12.2. The van der Waals surface area contributed by atoms with Crippen LogP contribution in [0.1, 0.15) is 12.8 Å². The highest BCUT2D eigenvalue weighted by Gasteiger charge is 2.18. The quantitative estimate of drug-likeness (QED) is 0.500. The summed E-state index contributed by atoms with van der Waals surface area (Å²) in [7, 11) is 0. The number of para-hydroxylation sites is 1. The number of hydrogen-bond acceptors (Lipinski definition) is 6. The fourth-order valence-corrected chi connectivity index (χ4v) is 4.73. The van der Waals surface area contributed by atoms with E-state index in [4.69, 9.17) is 15.5 Å². The van der Waals surface area contributed by atoms with Crippen LogP contribution in [0.3, 0.4) is 0 Å². The smallest absolute Gasteiger partial charge is 0.260 e. The van der Waals surface area contributed by atoms with Gasteiger partial charge in [-0.05, 0) is 48.7 Å². The van der Waals surface area contributed by atoms with Crippen LogP contribution in [-0.4, -0.2) is 40.5 Å². The van der Waals surface area contributed by atoms with Gasteiger partial charge in [-0.2, -0.15) is 0 Å². The van der Waals surface area contributed by atoms with Gasteiger partial charge in [-0.15, -0.1) is 11.3 Å². The molecule has 0 atom stereocenters. The van der Waals surface area contributed by atoms with Crippen LogP contribution >= 0.6 is 11.3 Å². The molecule has 2 aromatic carbocycles. The van der Waals surface area contributed by atoms with Crippen molar-refractivity contribution in [1.82, 2.24) is 14.9 Å². The van der Waals surface area contributed by atoms with E-state index in [9.17, 15) is 4.79 Å². The summed E-state index contributed by atoms with van der Waals surface area (Å²) in [5.74, 6) is 1.18. The Kier molecular flexibility index (Phi) is 5.26. The van der Waals surface area contributed by atoms with Crippen LogP contribution in [0.15, 0.2) is 60.8 Å². The molecule has 0 unspecified atom stereocenters. The molecule has 156 valence electrons. The number of anilines is 1. The molecule has 0 bridgehead atoms. The van der Waals surface area contributed by atoms with Crippen molar-refractivity contribution in [1.29, 1.82) is 0 Å². The van der Waals surface area contributed by atoms with Gasteiger partial charge >= 0.3 is 0 Å². The van der Waals surface area contributed by atoms with Crippen LogP contribution in [-0.2, 0) is 4.79 Å². The molecule has 1 aliphatic rings. The summed E-state index contributed by atoms with van der Waals surface area (Å²) in [5.41, 5.74) is 9.89. The first kappa shape index (κ1) is 19.5. The van der Waals surface area contributed by atoms with Crippen LogP contribution in [0.2, 0.25) is 0 Å². The molecule has 6 nitrogen and oxygen atoms in total. The standard InChI is InChI=1S/C24H22N4O2S/c25-23-19(24-27-20-5-1-2-6-21(20)31-24)13-17(14-26-23)16-7-9-18(10-8-16)30-15-22(29)28-11-3-4-12-28/h1-2,5-10,13-14H,3-4,11-12,15H2,(H2,25,26). The maximum Gasteiger partial charge on any atom is 0.260 e. The number of fused-ring (bicyclic) bond motifs is 1. The molecule has 0 aliphatic carbocycles. The molecule has 2 N–H and O–H groups in total. The number of thiazole rings is 1. The zero-order chi connectivity index (χ0) is 21.2. The second-order valence-electron chi connectivity index (χ2n) is 7.54. The Bertz CT molecular complexity index is 1200. The number of amides is 1. The molecule has 0 saturated carbocycles. The Hall–Kier alpha value is -3.45. The third-order valence-corrected chi connectivity index (χ3v) is 6.52. The zero-order valence-electron chi connectivity index (χ0n) is 17.0. The largest absolute Gasteiger partial charge is 0.484 e. The SMILES string of the molecule is Nc1ncc(-c2ccc(OCC(=O)N3CCCC3)cc2)cc1-c1nc2ccccc2s1. The highest BCUT2D eigenvalue weighted by molar-refractivity contribution is 7.21. The van der Waals surface area contributed by atoms with Gasteiger partial charge in [-0.3, -0.25) is 4.79 Å². The average molecular weight is 431 g/mol. The summed E-state index contributed by atoms with van der Waals surface area (Å²) < 4.78 is 6.80. The molecule has 0 radical (unpaired) electrons. The van der Waals surface area contributed by atoms with Crippen molar-refractivity contribution >= 4 is 33.3 Å². The van der Waals surface area contributed by atoms with Gasteiger partial charge in [0.1, 0.15) is 16.6 Å². The minimum Gasteiger partial charge on any atom is -0.484 e. The van der Waals surface area contributed by atoms with Crippen molar-refractivity contribution in [3.63, 3.8) is 0 Å². The van der Waals surface area contributed by atoms with E-state index in [1.54, 1.807) is 17.5 Å². The van der Waals surface area contributed by atoms with E-state index in [1.807, 2.05) is 53.4 Å². The number of rotatable bonds is 5. The number of pyridine rings is 1. The number of benzene rings is 2. The van der Waals surface area contributed by atoms with Crippen LogP contribution in [0, 0.1) is 0 Å². The third-order valence-electron chi connectivity index (χ3n) is 5.45. The van der Waals surface area contributed by atoms with Crippen molar-refractivity contribution in [3.8, 4) is 27.4 Å². The van der Waals surface area contributed by atoms with Crippen molar-refractivity contribution < 1.29 is 9.53 Å². The molecule has 7 heteroatoms. The van der Waals surface area contributed by atoms with Gasteiger partial charge in [0, 0.05) is 24.8 Å². The van der Waals surface area contributed by atoms with Gasteiger partial charge in [-0.1, -0.05) is 24.3 Å². The lowest BCUT2D eigenvalue weighted by Crippen LogP contribution is -2.32. The zero-order valence-corrected chi connectivity index (χ0v) is 17.8.